The van der Waals surface area contributed by atoms with Gasteiger partial charge in [-0.25, -0.2) is 0 Å². The molecule has 120 valence electrons. The summed E-state index contributed by atoms with van der Waals surface area (Å²) in [6, 6.07) is 4.37. The van der Waals surface area contributed by atoms with Gasteiger partial charge in [-0.15, -0.1) is 0 Å². The summed E-state index contributed by atoms with van der Waals surface area (Å²) >= 11 is 11.7. The second-order valence-corrected chi connectivity index (χ2v) is 6.63. The van der Waals surface area contributed by atoms with E-state index >= 15 is 0 Å². The molecule has 7 heteroatoms. The molecule has 22 heavy (non-hydrogen) atoms. The van der Waals surface area contributed by atoms with Crippen LogP contribution in [0.4, 0.5) is 5.69 Å². The second kappa shape index (κ2) is 6.86. The first-order chi connectivity index (χ1) is 10.4. The molecule has 0 heterocycles. The number of hydrogen-bond acceptors (Lipinski definition) is 3. The number of halogens is 2. The van der Waals surface area contributed by atoms with Crippen LogP contribution >= 0.6 is 23.2 Å². The highest BCUT2D eigenvalue weighted by Gasteiger charge is 2.39. The molecule has 1 saturated carbocycles. The van der Waals surface area contributed by atoms with Gasteiger partial charge in [-0.2, -0.15) is 0 Å². The molecule has 2 unspecified atom stereocenters. The Balaban J connectivity index is 1.97. The fourth-order valence-corrected chi connectivity index (χ4v) is 2.95. The van der Waals surface area contributed by atoms with Crippen LogP contribution < -0.4 is 10.6 Å². The number of amides is 2. The largest absolute Gasteiger partial charge is 0.396 e. The highest BCUT2D eigenvalue weighted by Crippen LogP contribution is 2.37. The maximum absolute atomic E-state index is 12.0. The minimum absolute atomic E-state index is 0.0215. The molecular formula is C15H18Cl2N2O3. The third-order valence-corrected chi connectivity index (χ3v) is 4.87. The van der Waals surface area contributed by atoms with E-state index in [2.05, 4.69) is 10.6 Å². The van der Waals surface area contributed by atoms with Crippen molar-refractivity contribution >= 4 is 40.7 Å². The van der Waals surface area contributed by atoms with Crippen LogP contribution in [0.1, 0.15) is 26.2 Å². The molecule has 0 saturated heterocycles. The molecule has 1 aliphatic carbocycles. The van der Waals surface area contributed by atoms with Crippen molar-refractivity contribution in [1.82, 2.24) is 5.32 Å². The Morgan fingerprint density at radius 1 is 1.32 bits per heavy atom. The molecule has 1 aromatic rings. The van der Waals surface area contributed by atoms with Gasteiger partial charge in [0.05, 0.1) is 16.7 Å². The molecule has 1 aromatic carbocycles. The normalized spacial score (nSPS) is 24.1. The number of aliphatic hydroxyl groups is 1. The van der Waals surface area contributed by atoms with Crippen LogP contribution in [0.2, 0.25) is 10.0 Å². The maximum atomic E-state index is 12.0. The number of anilines is 1. The van der Waals surface area contributed by atoms with Crippen LogP contribution in [0.15, 0.2) is 18.2 Å². The Kier molecular flexibility index (Phi) is 5.32. The molecule has 5 nitrogen and oxygen atoms in total. The smallest absolute Gasteiger partial charge is 0.313 e. The Labute approximate surface area is 139 Å². The van der Waals surface area contributed by atoms with Gasteiger partial charge in [0.15, 0.2) is 0 Å². The van der Waals surface area contributed by atoms with E-state index in [1.165, 1.54) is 12.1 Å². The van der Waals surface area contributed by atoms with Gasteiger partial charge in [0.25, 0.3) is 0 Å². The highest BCUT2D eigenvalue weighted by molar-refractivity contribution is 6.43. The molecule has 2 rings (SSSR count). The van der Waals surface area contributed by atoms with Crippen LogP contribution in [0.5, 0.6) is 0 Å². The van der Waals surface area contributed by atoms with Crippen molar-refractivity contribution in [3.63, 3.8) is 0 Å². The highest BCUT2D eigenvalue weighted by atomic mass is 35.5. The quantitative estimate of drug-likeness (QED) is 0.737. The number of carbonyl (C=O) groups is 2. The standard InChI is InChI=1S/C15H18Cl2N2O3/c1-15(8-20)6-2-3-12(15)19-14(22)13(21)18-9-4-5-10(16)11(17)7-9/h4-5,7,12,20H,2-3,6,8H2,1H3,(H,18,21)(H,19,22). The van der Waals surface area contributed by atoms with Crippen molar-refractivity contribution in [1.29, 1.82) is 0 Å². The summed E-state index contributed by atoms with van der Waals surface area (Å²) < 4.78 is 0. The summed E-state index contributed by atoms with van der Waals surface area (Å²) in [6.07, 6.45) is 2.49. The summed E-state index contributed by atoms with van der Waals surface area (Å²) in [4.78, 5) is 23.9. The lowest BCUT2D eigenvalue weighted by molar-refractivity contribution is -0.137. The Hall–Kier alpha value is -1.30. The molecule has 0 bridgehead atoms. The number of benzene rings is 1. The third-order valence-electron chi connectivity index (χ3n) is 4.13. The molecule has 0 radical (unpaired) electrons. The first-order valence-electron chi connectivity index (χ1n) is 7.03. The third kappa shape index (κ3) is 3.72. The molecule has 0 aromatic heterocycles. The SMILES string of the molecule is CC1(CO)CCCC1NC(=O)C(=O)Nc1ccc(Cl)c(Cl)c1. The number of nitrogens with one attached hydrogen (secondary N) is 2. The van der Waals surface area contributed by atoms with Crippen LogP contribution in [-0.2, 0) is 9.59 Å². The van der Waals surface area contributed by atoms with Crippen LogP contribution in [-0.4, -0.2) is 29.6 Å². The minimum atomic E-state index is -0.773. The first-order valence-corrected chi connectivity index (χ1v) is 7.79. The minimum Gasteiger partial charge on any atom is -0.396 e. The van der Waals surface area contributed by atoms with Gasteiger partial charge in [-0.3, -0.25) is 9.59 Å². The molecule has 2 amide bonds. The van der Waals surface area contributed by atoms with E-state index in [0.29, 0.717) is 15.7 Å². The summed E-state index contributed by atoms with van der Waals surface area (Å²) in [5, 5.41) is 15.3. The predicted molar refractivity (Wildman–Crippen MR) is 86.1 cm³/mol. The van der Waals surface area contributed by atoms with Gasteiger partial charge in [0, 0.05) is 17.1 Å². The van der Waals surface area contributed by atoms with E-state index in [1.54, 1.807) is 6.07 Å². The van der Waals surface area contributed by atoms with E-state index in [0.717, 1.165) is 19.3 Å². The van der Waals surface area contributed by atoms with Crippen molar-refractivity contribution in [2.75, 3.05) is 11.9 Å². The average Bonchev–Trinajstić information content (AvgIpc) is 2.84. The van der Waals surface area contributed by atoms with E-state index in [9.17, 15) is 14.7 Å². The van der Waals surface area contributed by atoms with Gasteiger partial charge in [-0.05, 0) is 31.0 Å². The molecule has 2 atom stereocenters. The molecule has 1 aliphatic rings. The van der Waals surface area contributed by atoms with Gasteiger partial charge in [0.1, 0.15) is 0 Å². The summed E-state index contributed by atoms with van der Waals surface area (Å²) in [7, 11) is 0. The van der Waals surface area contributed by atoms with Gasteiger partial charge in [0.2, 0.25) is 0 Å². The monoisotopic (exact) mass is 344 g/mol. The lowest BCUT2D eigenvalue weighted by atomic mass is 9.86. The van der Waals surface area contributed by atoms with Gasteiger partial charge < -0.3 is 15.7 Å². The predicted octanol–water partition coefficient (Wildman–Crippen LogP) is 2.60. The number of aliphatic hydroxyl groups excluding tert-OH is 1. The number of carbonyl (C=O) groups excluding carboxylic acids is 2. The van der Waals surface area contributed by atoms with Crippen LogP contribution in [0.3, 0.4) is 0 Å². The zero-order chi connectivity index (χ0) is 16.3. The van der Waals surface area contributed by atoms with E-state index in [4.69, 9.17) is 23.2 Å². The van der Waals surface area contributed by atoms with Crippen LogP contribution in [0, 0.1) is 5.41 Å². The zero-order valence-electron chi connectivity index (χ0n) is 12.2. The molecule has 3 N–H and O–H groups in total. The number of rotatable bonds is 3. The van der Waals surface area contributed by atoms with Crippen LogP contribution in [0.25, 0.3) is 0 Å². The number of hydrogen-bond donors (Lipinski definition) is 3. The molecule has 1 fully saturated rings. The molecule has 0 aliphatic heterocycles. The zero-order valence-corrected chi connectivity index (χ0v) is 13.7. The second-order valence-electron chi connectivity index (χ2n) is 5.81. The lowest BCUT2D eigenvalue weighted by Crippen LogP contribution is -2.48. The Bertz CT molecular complexity index is 594. The fraction of sp³-hybridized carbons (Fsp3) is 0.467. The molecule has 0 spiro atoms. The van der Waals surface area contributed by atoms with Gasteiger partial charge >= 0.3 is 11.8 Å². The van der Waals surface area contributed by atoms with Crippen molar-refractivity contribution < 1.29 is 14.7 Å². The summed E-state index contributed by atoms with van der Waals surface area (Å²) in [6.45, 7) is 1.88. The van der Waals surface area contributed by atoms with Crippen molar-refractivity contribution in [2.24, 2.45) is 5.41 Å². The average molecular weight is 345 g/mol. The Morgan fingerprint density at radius 3 is 2.68 bits per heavy atom. The fourth-order valence-electron chi connectivity index (χ4n) is 2.65. The van der Waals surface area contributed by atoms with E-state index < -0.39 is 11.8 Å². The van der Waals surface area contributed by atoms with E-state index in [1.807, 2.05) is 6.92 Å². The summed E-state index contributed by atoms with van der Waals surface area (Å²) in [5.74, 6) is -1.50. The maximum Gasteiger partial charge on any atom is 0.313 e. The topological polar surface area (TPSA) is 78.4 Å². The van der Waals surface area contributed by atoms with E-state index in [-0.39, 0.29) is 18.1 Å². The Morgan fingerprint density at radius 2 is 2.05 bits per heavy atom. The first kappa shape index (κ1) is 17.1. The molecular weight excluding hydrogens is 327 g/mol. The van der Waals surface area contributed by atoms with Crippen molar-refractivity contribution in [2.45, 2.75) is 32.2 Å². The van der Waals surface area contributed by atoms with Crippen molar-refractivity contribution in [3.8, 4) is 0 Å². The van der Waals surface area contributed by atoms with Crippen molar-refractivity contribution in [3.05, 3.63) is 28.2 Å². The van der Waals surface area contributed by atoms with Gasteiger partial charge in [-0.1, -0.05) is 36.5 Å². The summed E-state index contributed by atoms with van der Waals surface area (Å²) in [5.41, 5.74) is 0.0189. The lowest BCUT2D eigenvalue weighted by Gasteiger charge is -2.29.